The lowest BCUT2D eigenvalue weighted by molar-refractivity contribution is 0.242. The van der Waals surface area contributed by atoms with Gasteiger partial charge in [0.25, 0.3) is 0 Å². The van der Waals surface area contributed by atoms with E-state index < -0.39 is 0 Å². The van der Waals surface area contributed by atoms with Crippen LogP contribution in [-0.4, -0.2) is 22.9 Å². The fourth-order valence-electron chi connectivity index (χ4n) is 1.09. The number of rotatable bonds is 3. The summed E-state index contributed by atoms with van der Waals surface area (Å²) >= 11 is 0. The van der Waals surface area contributed by atoms with Crippen molar-refractivity contribution in [2.75, 3.05) is 12.8 Å². The third kappa shape index (κ3) is 2.38. The van der Waals surface area contributed by atoms with Crippen molar-refractivity contribution in [1.29, 1.82) is 0 Å². The molecule has 0 aromatic carbocycles. The van der Waals surface area contributed by atoms with Gasteiger partial charge < -0.3 is 16.4 Å². The molecule has 6 nitrogen and oxygen atoms in total. The van der Waals surface area contributed by atoms with E-state index >= 15 is 0 Å². The molecule has 0 spiro atoms. The number of nitrogens with two attached hydrogens (primary N) is 1. The van der Waals surface area contributed by atoms with Gasteiger partial charge in [-0.2, -0.15) is 5.10 Å². The zero-order valence-electron chi connectivity index (χ0n) is 8.37. The highest BCUT2D eigenvalue weighted by molar-refractivity contribution is 5.73. The van der Waals surface area contributed by atoms with E-state index in [0.29, 0.717) is 12.4 Å². The second-order valence-corrected chi connectivity index (χ2v) is 2.81. The Morgan fingerprint density at radius 3 is 2.93 bits per heavy atom. The smallest absolute Gasteiger partial charge is 0.314 e. The molecule has 0 saturated carbocycles. The molecule has 78 valence electrons. The van der Waals surface area contributed by atoms with Crippen molar-refractivity contribution in [2.45, 2.75) is 20.0 Å². The summed E-state index contributed by atoms with van der Waals surface area (Å²) in [5.41, 5.74) is 6.42. The van der Waals surface area contributed by atoms with E-state index in [1.807, 2.05) is 6.92 Å². The van der Waals surface area contributed by atoms with Crippen molar-refractivity contribution >= 4 is 11.8 Å². The quantitative estimate of drug-likeness (QED) is 0.633. The minimum Gasteiger partial charge on any atom is -0.384 e. The summed E-state index contributed by atoms with van der Waals surface area (Å²) in [5.74, 6) is 0.612. The lowest BCUT2D eigenvalue weighted by Gasteiger charge is -2.00. The van der Waals surface area contributed by atoms with Gasteiger partial charge in [-0.3, -0.25) is 4.68 Å². The summed E-state index contributed by atoms with van der Waals surface area (Å²) in [6.45, 7) is 3.07. The van der Waals surface area contributed by atoms with Crippen molar-refractivity contribution in [2.24, 2.45) is 0 Å². The third-order valence-electron chi connectivity index (χ3n) is 1.82. The van der Waals surface area contributed by atoms with Crippen molar-refractivity contribution in [3.63, 3.8) is 0 Å². The maximum absolute atomic E-state index is 10.9. The Hall–Kier alpha value is -1.72. The summed E-state index contributed by atoms with van der Waals surface area (Å²) in [5, 5.41) is 9.27. The SMILES string of the molecule is CCn1nc(CNC(=O)NC)cc1N. The summed E-state index contributed by atoms with van der Waals surface area (Å²) in [6.07, 6.45) is 0. The highest BCUT2D eigenvalue weighted by atomic mass is 16.2. The summed E-state index contributed by atoms with van der Waals surface area (Å²) < 4.78 is 1.68. The number of nitrogens with zero attached hydrogens (tertiary/aromatic N) is 2. The fraction of sp³-hybridized carbons (Fsp3) is 0.500. The van der Waals surface area contributed by atoms with Crippen LogP contribution in [0.3, 0.4) is 0 Å². The molecule has 0 atom stereocenters. The zero-order chi connectivity index (χ0) is 10.6. The van der Waals surface area contributed by atoms with Gasteiger partial charge in [0.05, 0.1) is 12.2 Å². The molecule has 0 radical (unpaired) electrons. The molecule has 1 heterocycles. The highest BCUT2D eigenvalue weighted by Crippen LogP contribution is 2.05. The average Bonchev–Trinajstić information content (AvgIpc) is 2.55. The van der Waals surface area contributed by atoms with E-state index in [4.69, 9.17) is 5.73 Å². The van der Waals surface area contributed by atoms with Gasteiger partial charge in [-0.25, -0.2) is 4.79 Å². The van der Waals surface area contributed by atoms with Crippen molar-refractivity contribution < 1.29 is 4.79 Å². The van der Waals surface area contributed by atoms with E-state index in [-0.39, 0.29) is 6.03 Å². The van der Waals surface area contributed by atoms with E-state index in [0.717, 1.165) is 12.2 Å². The van der Waals surface area contributed by atoms with Crippen LogP contribution in [0.4, 0.5) is 10.6 Å². The molecule has 0 aliphatic rings. The number of hydrogen-bond donors (Lipinski definition) is 3. The van der Waals surface area contributed by atoms with Gasteiger partial charge in [0.2, 0.25) is 0 Å². The number of nitrogen functional groups attached to an aromatic ring is 1. The predicted octanol–water partition coefficient (Wildman–Crippen LogP) is -0.0858. The predicted molar refractivity (Wildman–Crippen MR) is 53.6 cm³/mol. The number of nitrogens with one attached hydrogen (secondary N) is 2. The van der Waals surface area contributed by atoms with Gasteiger partial charge in [-0.05, 0) is 6.92 Å². The zero-order valence-corrected chi connectivity index (χ0v) is 8.37. The molecule has 0 unspecified atom stereocenters. The molecule has 1 aromatic heterocycles. The Bertz CT molecular complexity index is 320. The molecule has 0 saturated heterocycles. The lowest BCUT2D eigenvalue weighted by Crippen LogP contribution is -2.32. The first kappa shape index (κ1) is 10.4. The second kappa shape index (κ2) is 4.50. The Morgan fingerprint density at radius 2 is 2.43 bits per heavy atom. The number of hydrogen-bond acceptors (Lipinski definition) is 3. The second-order valence-electron chi connectivity index (χ2n) is 2.81. The third-order valence-corrected chi connectivity index (χ3v) is 1.82. The molecule has 0 aliphatic carbocycles. The maximum Gasteiger partial charge on any atom is 0.314 e. The molecule has 0 aliphatic heterocycles. The van der Waals surface area contributed by atoms with Crippen LogP contribution in [0.25, 0.3) is 0 Å². The first-order chi connectivity index (χ1) is 6.67. The first-order valence-electron chi connectivity index (χ1n) is 4.45. The highest BCUT2D eigenvalue weighted by Gasteiger charge is 2.04. The van der Waals surface area contributed by atoms with Crippen molar-refractivity contribution in [1.82, 2.24) is 20.4 Å². The van der Waals surface area contributed by atoms with Gasteiger partial charge in [-0.1, -0.05) is 0 Å². The fourth-order valence-corrected chi connectivity index (χ4v) is 1.09. The Kier molecular flexibility index (Phi) is 3.33. The maximum atomic E-state index is 10.9. The topological polar surface area (TPSA) is 85.0 Å². The molecule has 1 rings (SSSR count). The van der Waals surface area contributed by atoms with Crippen LogP contribution in [-0.2, 0) is 13.1 Å². The van der Waals surface area contributed by atoms with E-state index in [2.05, 4.69) is 15.7 Å². The summed E-state index contributed by atoms with van der Waals surface area (Å²) in [6, 6.07) is 1.52. The van der Waals surface area contributed by atoms with Gasteiger partial charge >= 0.3 is 6.03 Å². The van der Waals surface area contributed by atoms with Crippen LogP contribution >= 0.6 is 0 Å². The standard InChI is InChI=1S/C8H15N5O/c1-3-13-7(9)4-6(12-13)5-11-8(14)10-2/h4H,3,5,9H2,1-2H3,(H2,10,11,14). The van der Waals surface area contributed by atoms with Gasteiger partial charge in [0.1, 0.15) is 5.82 Å². The van der Waals surface area contributed by atoms with Crippen molar-refractivity contribution in [3.05, 3.63) is 11.8 Å². The van der Waals surface area contributed by atoms with Crippen LogP contribution in [0, 0.1) is 0 Å². The van der Waals surface area contributed by atoms with Crippen LogP contribution in [0.1, 0.15) is 12.6 Å². The molecule has 1 aromatic rings. The Morgan fingerprint density at radius 1 is 1.71 bits per heavy atom. The van der Waals surface area contributed by atoms with Crippen LogP contribution in [0.2, 0.25) is 0 Å². The Labute approximate surface area is 82.5 Å². The van der Waals surface area contributed by atoms with Gasteiger partial charge in [0.15, 0.2) is 0 Å². The van der Waals surface area contributed by atoms with Gasteiger partial charge in [0, 0.05) is 19.7 Å². The molecule has 0 bridgehead atoms. The number of carbonyl (C=O) groups excluding carboxylic acids is 1. The molecule has 14 heavy (non-hydrogen) atoms. The number of aryl methyl sites for hydroxylation is 1. The number of urea groups is 1. The van der Waals surface area contributed by atoms with Crippen LogP contribution in [0.5, 0.6) is 0 Å². The van der Waals surface area contributed by atoms with E-state index in [1.54, 1.807) is 17.8 Å². The molecule has 0 fully saturated rings. The molecule has 2 amide bonds. The largest absolute Gasteiger partial charge is 0.384 e. The Balaban J connectivity index is 2.55. The molecular formula is C8H15N5O. The number of amides is 2. The van der Waals surface area contributed by atoms with Crippen molar-refractivity contribution in [3.8, 4) is 0 Å². The molecular weight excluding hydrogens is 182 g/mol. The molecule has 6 heteroatoms. The van der Waals surface area contributed by atoms with Crippen LogP contribution < -0.4 is 16.4 Å². The van der Waals surface area contributed by atoms with E-state index in [1.165, 1.54) is 0 Å². The minimum atomic E-state index is -0.227. The summed E-state index contributed by atoms with van der Waals surface area (Å²) in [4.78, 5) is 10.9. The number of carbonyl (C=O) groups is 1. The lowest BCUT2D eigenvalue weighted by atomic mass is 10.4. The number of aromatic nitrogens is 2. The normalized spacial score (nSPS) is 9.86. The minimum absolute atomic E-state index is 0.227. The van der Waals surface area contributed by atoms with Gasteiger partial charge in [-0.15, -0.1) is 0 Å². The average molecular weight is 197 g/mol. The first-order valence-corrected chi connectivity index (χ1v) is 4.45. The van der Waals surface area contributed by atoms with Crippen LogP contribution in [0.15, 0.2) is 6.07 Å². The monoisotopic (exact) mass is 197 g/mol. The van der Waals surface area contributed by atoms with E-state index in [9.17, 15) is 4.79 Å². The number of anilines is 1. The summed E-state index contributed by atoms with van der Waals surface area (Å²) in [7, 11) is 1.56. The molecule has 4 N–H and O–H groups in total.